The number of aromatic nitrogens is 5. The van der Waals surface area contributed by atoms with Crippen LogP contribution in [0.5, 0.6) is 0 Å². The summed E-state index contributed by atoms with van der Waals surface area (Å²) in [4.78, 5) is 13.2. The maximum absolute atomic E-state index is 4.58. The summed E-state index contributed by atoms with van der Waals surface area (Å²) in [6.07, 6.45) is 5.51. The first-order chi connectivity index (χ1) is 12.3. The van der Waals surface area contributed by atoms with Gasteiger partial charge in [0.25, 0.3) is 0 Å². The van der Waals surface area contributed by atoms with Crippen molar-refractivity contribution < 1.29 is 0 Å². The molecule has 3 aromatic heterocycles. The third-order valence-electron chi connectivity index (χ3n) is 4.51. The molecule has 0 aliphatic rings. The Morgan fingerprint density at radius 2 is 1.64 bits per heavy atom. The average molecular weight is 325 g/mol. The summed E-state index contributed by atoms with van der Waals surface area (Å²) in [6.45, 7) is 0. The van der Waals surface area contributed by atoms with Crippen LogP contribution in [0, 0.1) is 0 Å². The predicted octanol–water partition coefficient (Wildman–Crippen LogP) is 3.97. The van der Waals surface area contributed by atoms with Crippen LogP contribution < -0.4 is 0 Å². The van der Waals surface area contributed by atoms with Crippen LogP contribution in [-0.4, -0.2) is 24.1 Å². The van der Waals surface area contributed by atoms with E-state index in [2.05, 4.69) is 62.1 Å². The lowest BCUT2D eigenvalue weighted by molar-refractivity contribution is 0.945. The molecule has 0 N–H and O–H groups in total. The normalized spacial score (nSPS) is 11.4. The van der Waals surface area contributed by atoms with Crippen molar-refractivity contribution in [1.82, 2.24) is 24.1 Å². The van der Waals surface area contributed by atoms with Gasteiger partial charge in [-0.05, 0) is 18.2 Å². The molecule has 0 aliphatic carbocycles. The lowest BCUT2D eigenvalue weighted by Crippen LogP contribution is -1.93. The maximum atomic E-state index is 4.58. The number of nitrogens with zero attached hydrogens (tertiary/aromatic N) is 5. The maximum Gasteiger partial charge on any atom is 0.181 e. The molecule has 5 nitrogen and oxygen atoms in total. The molecule has 25 heavy (non-hydrogen) atoms. The second kappa shape index (κ2) is 5.27. The quantitative estimate of drug-likeness (QED) is 0.493. The molecule has 0 atom stereocenters. The van der Waals surface area contributed by atoms with Crippen LogP contribution in [0.4, 0.5) is 0 Å². The van der Waals surface area contributed by atoms with Gasteiger partial charge in [-0.25, -0.2) is 15.0 Å². The van der Waals surface area contributed by atoms with Crippen LogP contribution >= 0.6 is 0 Å². The molecule has 0 amide bonds. The van der Waals surface area contributed by atoms with Crippen LogP contribution in [-0.2, 0) is 7.05 Å². The van der Waals surface area contributed by atoms with Gasteiger partial charge in [-0.15, -0.1) is 0 Å². The first-order valence-electron chi connectivity index (χ1n) is 8.11. The Labute approximate surface area is 144 Å². The van der Waals surface area contributed by atoms with E-state index in [9.17, 15) is 0 Å². The van der Waals surface area contributed by atoms with Gasteiger partial charge in [0.15, 0.2) is 5.65 Å². The summed E-state index contributed by atoms with van der Waals surface area (Å²) in [5.74, 6) is 0. The zero-order valence-corrected chi connectivity index (χ0v) is 13.7. The van der Waals surface area contributed by atoms with Gasteiger partial charge in [0, 0.05) is 29.9 Å². The molecule has 0 saturated heterocycles. The van der Waals surface area contributed by atoms with E-state index in [-0.39, 0.29) is 0 Å². The number of aryl methyl sites for hydroxylation is 1. The molecule has 5 rings (SSSR count). The first kappa shape index (κ1) is 13.9. The van der Waals surface area contributed by atoms with Crippen molar-refractivity contribution >= 4 is 22.1 Å². The molecule has 0 fully saturated rings. The highest BCUT2D eigenvalue weighted by atomic mass is 15.1. The van der Waals surface area contributed by atoms with E-state index in [0.717, 1.165) is 33.4 Å². The highest BCUT2D eigenvalue weighted by molar-refractivity contribution is 6.01. The Morgan fingerprint density at radius 3 is 2.52 bits per heavy atom. The van der Waals surface area contributed by atoms with Crippen molar-refractivity contribution in [1.29, 1.82) is 0 Å². The van der Waals surface area contributed by atoms with Gasteiger partial charge < -0.3 is 9.13 Å². The Hall–Kier alpha value is -3.47. The van der Waals surface area contributed by atoms with E-state index in [1.165, 1.54) is 0 Å². The van der Waals surface area contributed by atoms with Gasteiger partial charge in [-0.2, -0.15) is 0 Å². The third kappa shape index (κ3) is 2.06. The minimum absolute atomic E-state index is 0.712. The molecule has 120 valence electrons. The fourth-order valence-electron chi connectivity index (χ4n) is 3.36. The van der Waals surface area contributed by atoms with E-state index in [4.69, 9.17) is 0 Å². The van der Waals surface area contributed by atoms with Gasteiger partial charge >= 0.3 is 0 Å². The van der Waals surface area contributed by atoms with Crippen molar-refractivity contribution in [3.05, 3.63) is 73.4 Å². The van der Waals surface area contributed by atoms with Gasteiger partial charge in [0.1, 0.15) is 17.5 Å². The van der Waals surface area contributed by atoms with Crippen molar-refractivity contribution in [2.24, 2.45) is 7.05 Å². The van der Waals surface area contributed by atoms with E-state index >= 15 is 0 Å². The number of hydrogen-bond acceptors (Lipinski definition) is 3. The minimum Gasteiger partial charge on any atom is -0.331 e. The Kier molecular flexibility index (Phi) is 2.94. The number of fused-ring (bicyclic) bond motifs is 2. The van der Waals surface area contributed by atoms with Crippen LogP contribution in [0.1, 0.15) is 0 Å². The van der Waals surface area contributed by atoms with E-state index in [1.807, 2.05) is 29.8 Å². The van der Waals surface area contributed by atoms with Crippen LogP contribution in [0.25, 0.3) is 39.0 Å². The average Bonchev–Trinajstić information content (AvgIpc) is 3.24. The van der Waals surface area contributed by atoms with Crippen LogP contribution in [0.15, 0.2) is 73.4 Å². The largest absolute Gasteiger partial charge is 0.331 e. The van der Waals surface area contributed by atoms with E-state index in [0.29, 0.717) is 5.65 Å². The fraction of sp³-hybridized carbons (Fsp3) is 0.0500. The summed E-state index contributed by atoms with van der Waals surface area (Å²) >= 11 is 0. The molecular weight excluding hydrogens is 310 g/mol. The zero-order chi connectivity index (χ0) is 16.8. The van der Waals surface area contributed by atoms with Crippen molar-refractivity contribution in [3.63, 3.8) is 0 Å². The highest BCUT2D eigenvalue weighted by Crippen LogP contribution is 2.34. The molecule has 2 aromatic carbocycles. The molecule has 0 radical (unpaired) electrons. The molecule has 0 saturated carbocycles. The van der Waals surface area contributed by atoms with Gasteiger partial charge in [-0.1, -0.05) is 36.4 Å². The Morgan fingerprint density at radius 1 is 0.840 bits per heavy atom. The smallest absolute Gasteiger partial charge is 0.181 e. The molecule has 5 heteroatoms. The zero-order valence-electron chi connectivity index (χ0n) is 13.7. The second-order valence-electron chi connectivity index (χ2n) is 6.02. The van der Waals surface area contributed by atoms with Crippen molar-refractivity contribution in [2.75, 3.05) is 0 Å². The Bertz CT molecular complexity index is 1200. The summed E-state index contributed by atoms with van der Waals surface area (Å²) in [5.41, 5.74) is 5.91. The molecule has 0 unspecified atom stereocenters. The summed E-state index contributed by atoms with van der Waals surface area (Å²) in [5, 5.41) is 1.16. The highest BCUT2D eigenvalue weighted by Gasteiger charge is 2.17. The summed E-state index contributed by atoms with van der Waals surface area (Å²) in [6, 6.07) is 18.7. The van der Waals surface area contributed by atoms with E-state index in [1.54, 1.807) is 12.7 Å². The van der Waals surface area contributed by atoms with Gasteiger partial charge in [0.05, 0.1) is 11.8 Å². The molecule has 3 heterocycles. The lowest BCUT2D eigenvalue weighted by Gasteiger charge is -2.04. The standard InChI is InChI=1S/C20H15N5/c1-24-13-23-20-19(24)18(21-12-22-20)16-11-25(14-7-3-2-4-8-14)17-10-6-5-9-15(16)17/h2-13H,1H3. The monoisotopic (exact) mass is 325 g/mol. The SMILES string of the molecule is Cn1cnc2ncnc(-c3cn(-c4ccccc4)c4ccccc34)c21. The molecule has 5 aromatic rings. The van der Waals surface area contributed by atoms with Crippen molar-refractivity contribution in [2.45, 2.75) is 0 Å². The summed E-state index contributed by atoms with van der Waals surface area (Å²) < 4.78 is 4.17. The third-order valence-corrected chi connectivity index (χ3v) is 4.51. The van der Waals surface area contributed by atoms with E-state index < -0.39 is 0 Å². The number of benzene rings is 2. The molecule has 0 aliphatic heterocycles. The minimum atomic E-state index is 0.712. The number of para-hydroxylation sites is 2. The number of hydrogen-bond donors (Lipinski definition) is 0. The number of rotatable bonds is 2. The second-order valence-corrected chi connectivity index (χ2v) is 6.02. The lowest BCUT2D eigenvalue weighted by atomic mass is 10.1. The molecule has 0 bridgehead atoms. The molecular formula is C20H15N5. The topological polar surface area (TPSA) is 48.5 Å². The Balaban J connectivity index is 1.87. The number of imidazole rings is 1. The van der Waals surface area contributed by atoms with Gasteiger partial charge in [-0.3, -0.25) is 0 Å². The van der Waals surface area contributed by atoms with Crippen LogP contribution in [0.2, 0.25) is 0 Å². The van der Waals surface area contributed by atoms with Gasteiger partial charge in [0.2, 0.25) is 0 Å². The fourth-order valence-corrected chi connectivity index (χ4v) is 3.36. The summed E-state index contributed by atoms with van der Waals surface area (Å²) in [7, 11) is 1.97. The predicted molar refractivity (Wildman–Crippen MR) is 98.6 cm³/mol. The van der Waals surface area contributed by atoms with Crippen molar-refractivity contribution in [3.8, 4) is 16.9 Å². The van der Waals surface area contributed by atoms with Crippen LogP contribution in [0.3, 0.4) is 0 Å². The molecule has 0 spiro atoms. The first-order valence-corrected chi connectivity index (χ1v) is 8.11.